The van der Waals surface area contributed by atoms with Crippen molar-refractivity contribution in [3.8, 4) is 46.0 Å². The largest absolute Gasteiger partial charge is 0.497 e. The van der Waals surface area contributed by atoms with Gasteiger partial charge < -0.3 is 47.4 Å². The van der Waals surface area contributed by atoms with Crippen molar-refractivity contribution in [1.29, 1.82) is 0 Å². The summed E-state index contributed by atoms with van der Waals surface area (Å²) >= 11 is 0. The van der Waals surface area contributed by atoms with Gasteiger partial charge in [0.05, 0.1) is 81.2 Å². The van der Waals surface area contributed by atoms with Gasteiger partial charge in [-0.25, -0.2) is 9.59 Å². The van der Waals surface area contributed by atoms with Crippen LogP contribution in [0.2, 0.25) is 0 Å². The number of carbonyl (C=O) groups is 2. The van der Waals surface area contributed by atoms with Gasteiger partial charge in [-0.05, 0) is 91.3 Å². The standard InChI is InChI=1S/C42H50O12/c1-45-33-20-30(21-34(24-33)46-2)41(43)53-15-9-10-29(16-27-11-13-37(49-5)39(18-27)51-7)32(17-28-12-14-38(50-6)40(19-28)52-8)26-54-42(44)31-22-35(47-3)25-36(23-31)48-4/h11-14,18-25,29,32H,9-10,15-17,26H2,1-8H3/t29-,32+/m1/s1. The fraction of sp³-hybridized carbons (Fsp3) is 0.381. The molecule has 0 N–H and O–H groups in total. The SMILES string of the molecule is COc1cc(OC)cc(C(=O)OCCC[C@H](Cc2ccc(OC)c(OC)c2)[C@H](COC(=O)c2cc(OC)cc(OC)c2)Cc2ccc(OC)c(OC)c2)c1. The van der Waals surface area contributed by atoms with Crippen molar-refractivity contribution in [3.63, 3.8) is 0 Å². The maximum absolute atomic E-state index is 13.5. The minimum absolute atomic E-state index is 0.0561. The van der Waals surface area contributed by atoms with E-state index in [1.165, 1.54) is 28.4 Å². The van der Waals surface area contributed by atoms with E-state index in [0.717, 1.165) is 11.1 Å². The van der Waals surface area contributed by atoms with E-state index in [4.69, 9.17) is 47.4 Å². The van der Waals surface area contributed by atoms with Gasteiger partial charge in [-0.1, -0.05) is 12.1 Å². The lowest BCUT2D eigenvalue weighted by molar-refractivity contribution is 0.0361. The Morgan fingerprint density at radius 2 is 0.870 bits per heavy atom. The molecule has 0 aliphatic carbocycles. The molecule has 0 unspecified atom stereocenters. The highest BCUT2D eigenvalue weighted by Crippen LogP contribution is 2.35. The average molecular weight is 747 g/mol. The third-order valence-electron chi connectivity index (χ3n) is 9.11. The zero-order valence-corrected chi connectivity index (χ0v) is 32.2. The molecule has 0 radical (unpaired) electrons. The van der Waals surface area contributed by atoms with E-state index in [2.05, 4.69) is 0 Å². The van der Waals surface area contributed by atoms with Crippen molar-refractivity contribution in [1.82, 2.24) is 0 Å². The van der Waals surface area contributed by atoms with Gasteiger partial charge in [-0.3, -0.25) is 0 Å². The Bertz CT molecular complexity index is 1790. The summed E-state index contributed by atoms with van der Waals surface area (Å²) in [5.41, 5.74) is 2.58. The number of carbonyl (C=O) groups excluding carboxylic acids is 2. The lowest BCUT2D eigenvalue weighted by atomic mass is 9.80. The Morgan fingerprint density at radius 1 is 0.463 bits per heavy atom. The topological polar surface area (TPSA) is 126 Å². The van der Waals surface area contributed by atoms with E-state index in [0.29, 0.717) is 82.8 Å². The molecule has 0 aromatic heterocycles. The molecule has 0 heterocycles. The van der Waals surface area contributed by atoms with Crippen LogP contribution in [0.3, 0.4) is 0 Å². The van der Waals surface area contributed by atoms with Crippen molar-refractivity contribution in [2.45, 2.75) is 25.7 Å². The Balaban J connectivity index is 1.64. The van der Waals surface area contributed by atoms with E-state index in [1.54, 1.807) is 64.8 Å². The fourth-order valence-electron chi connectivity index (χ4n) is 6.20. The average Bonchev–Trinajstić information content (AvgIpc) is 3.22. The summed E-state index contributed by atoms with van der Waals surface area (Å²) in [4.78, 5) is 26.6. The third-order valence-corrected chi connectivity index (χ3v) is 9.11. The lowest BCUT2D eigenvalue weighted by Gasteiger charge is -2.28. The predicted molar refractivity (Wildman–Crippen MR) is 202 cm³/mol. The number of benzene rings is 4. The zero-order chi connectivity index (χ0) is 39.0. The molecule has 4 aromatic carbocycles. The van der Waals surface area contributed by atoms with E-state index in [1.807, 2.05) is 36.4 Å². The van der Waals surface area contributed by atoms with E-state index in [-0.39, 0.29) is 25.0 Å². The first-order valence-electron chi connectivity index (χ1n) is 17.4. The quantitative estimate of drug-likeness (QED) is 0.0629. The van der Waals surface area contributed by atoms with Gasteiger partial charge >= 0.3 is 11.9 Å². The van der Waals surface area contributed by atoms with Crippen molar-refractivity contribution >= 4 is 11.9 Å². The van der Waals surface area contributed by atoms with Crippen molar-refractivity contribution in [3.05, 3.63) is 95.1 Å². The second-order valence-electron chi connectivity index (χ2n) is 12.4. The Hall–Kier alpha value is -5.78. The van der Waals surface area contributed by atoms with Crippen LogP contribution >= 0.6 is 0 Å². The molecule has 0 bridgehead atoms. The number of esters is 2. The normalized spacial score (nSPS) is 11.8. The zero-order valence-electron chi connectivity index (χ0n) is 32.2. The van der Waals surface area contributed by atoms with Crippen LogP contribution in [0.15, 0.2) is 72.8 Å². The first-order chi connectivity index (χ1) is 26.2. The second kappa shape index (κ2) is 20.5. The molecule has 2 atom stereocenters. The summed E-state index contributed by atoms with van der Waals surface area (Å²) in [6, 6.07) is 21.4. The molecule has 4 rings (SSSR count). The van der Waals surface area contributed by atoms with Gasteiger partial charge in [0.15, 0.2) is 23.0 Å². The van der Waals surface area contributed by atoms with Crippen molar-refractivity contribution in [2.75, 3.05) is 70.1 Å². The number of hydrogen-bond donors (Lipinski definition) is 0. The first-order valence-corrected chi connectivity index (χ1v) is 17.4. The van der Waals surface area contributed by atoms with Crippen LogP contribution in [-0.2, 0) is 22.3 Å². The number of ether oxygens (including phenoxy) is 10. The highest BCUT2D eigenvalue weighted by atomic mass is 16.5. The molecule has 12 nitrogen and oxygen atoms in total. The van der Waals surface area contributed by atoms with Gasteiger partial charge in [0.25, 0.3) is 0 Å². The lowest BCUT2D eigenvalue weighted by Crippen LogP contribution is -2.27. The molecule has 290 valence electrons. The summed E-state index contributed by atoms with van der Waals surface area (Å²) < 4.78 is 55.3. The van der Waals surface area contributed by atoms with Crippen molar-refractivity contribution in [2.24, 2.45) is 11.8 Å². The monoisotopic (exact) mass is 746 g/mol. The minimum Gasteiger partial charge on any atom is -0.497 e. The predicted octanol–water partition coefficient (Wildman–Crippen LogP) is 7.27. The van der Waals surface area contributed by atoms with Gasteiger partial charge in [0, 0.05) is 18.1 Å². The molecule has 0 aliphatic rings. The minimum atomic E-state index is -0.517. The molecule has 0 saturated heterocycles. The van der Waals surface area contributed by atoms with Gasteiger partial charge in [0.2, 0.25) is 0 Å². The summed E-state index contributed by atoms with van der Waals surface area (Å²) in [6.07, 6.45) is 2.31. The molecule has 0 spiro atoms. The Kier molecular flexibility index (Phi) is 15.5. The molecule has 0 amide bonds. The fourth-order valence-corrected chi connectivity index (χ4v) is 6.20. The molecule has 0 saturated carbocycles. The summed E-state index contributed by atoms with van der Waals surface area (Å²) in [6.45, 7) is 0.251. The summed E-state index contributed by atoms with van der Waals surface area (Å²) in [5.74, 6) is 3.06. The van der Waals surface area contributed by atoms with Crippen LogP contribution in [0.4, 0.5) is 0 Å². The van der Waals surface area contributed by atoms with Crippen LogP contribution in [0, 0.1) is 11.8 Å². The second-order valence-corrected chi connectivity index (χ2v) is 12.4. The number of methoxy groups -OCH3 is 8. The van der Waals surface area contributed by atoms with Crippen LogP contribution in [0.25, 0.3) is 0 Å². The third kappa shape index (κ3) is 11.1. The van der Waals surface area contributed by atoms with Gasteiger partial charge in [-0.2, -0.15) is 0 Å². The molecule has 0 aliphatic heterocycles. The molecule has 12 heteroatoms. The van der Waals surface area contributed by atoms with E-state index < -0.39 is 11.9 Å². The molecule has 4 aromatic rings. The maximum atomic E-state index is 13.5. The highest BCUT2D eigenvalue weighted by Gasteiger charge is 2.26. The van der Waals surface area contributed by atoms with Gasteiger partial charge in [0.1, 0.15) is 23.0 Å². The van der Waals surface area contributed by atoms with Crippen LogP contribution < -0.4 is 37.9 Å². The summed E-state index contributed by atoms with van der Waals surface area (Å²) in [7, 11) is 12.4. The highest BCUT2D eigenvalue weighted by molar-refractivity contribution is 5.91. The first kappa shape index (κ1) is 41.0. The number of hydrogen-bond acceptors (Lipinski definition) is 12. The van der Waals surface area contributed by atoms with E-state index >= 15 is 0 Å². The Morgan fingerprint density at radius 3 is 1.28 bits per heavy atom. The van der Waals surface area contributed by atoms with E-state index in [9.17, 15) is 9.59 Å². The molecule has 54 heavy (non-hydrogen) atoms. The number of rotatable bonds is 21. The maximum Gasteiger partial charge on any atom is 0.338 e. The molecular formula is C42H50O12. The molecule has 0 fully saturated rings. The smallest absolute Gasteiger partial charge is 0.338 e. The van der Waals surface area contributed by atoms with Crippen LogP contribution in [-0.4, -0.2) is 82.0 Å². The summed E-state index contributed by atoms with van der Waals surface area (Å²) in [5, 5.41) is 0. The Labute approximate surface area is 317 Å². The van der Waals surface area contributed by atoms with Crippen LogP contribution in [0.5, 0.6) is 46.0 Å². The van der Waals surface area contributed by atoms with Crippen LogP contribution in [0.1, 0.15) is 44.7 Å². The van der Waals surface area contributed by atoms with Gasteiger partial charge in [-0.15, -0.1) is 0 Å². The van der Waals surface area contributed by atoms with Crippen molar-refractivity contribution < 1.29 is 57.0 Å². The molecular weight excluding hydrogens is 696 g/mol.